The van der Waals surface area contributed by atoms with Gasteiger partial charge in [-0.25, -0.2) is 4.39 Å². The van der Waals surface area contributed by atoms with Crippen molar-refractivity contribution in [3.05, 3.63) is 72.3 Å². The lowest BCUT2D eigenvalue weighted by Gasteiger charge is -2.15. The summed E-state index contributed by atoms with van der Waals surface area (Å²) in [5.74, 6) is 1.92. The van der Waals surface area contributed by atoms with Gasteiger partial charge in [-0.1, -0.05) is 12.1 Å². The fourth-order valence-electron chi connectivity index (χ4n) is 3.39. The molecule has 3 aromatic rings. The molecule has 7 nitrogen and oxygen atoms in total. The highest BCUT2D eigenvalue weighted by Crippen LogP contribution is 2.32. The molecule has 0 atom stereocenters. The standard InChI is InChI=1S/C24H28FN5O2.HI/c25-20-6-1-5-19(17-20)9-12-27-24(26-10-2-13-30-14-3-11-28-30)29-21-7-8-22-23(18-21)32-16-4-15-31-22;/h1,3,5-8,11,14,17-18H,2,4,9-10,12-13,15-16H2,(H2,26,27,29);1H. The van der Waals surface area contributed by atoms with E-state index in [9.17, 15) is 4.39 Å². The molecule has 0 radical (unpaired) electrons. The number of nitrogens with zero attached hydrogens (tertiary/aromatic N) is 3. The minimum absolute atomic E-state index is 0. The SMILES string of the molecule is Fc1cccc(CCNC(=NCCCn2cccn2)Nc2ccc3c(c2)OCCCO3)c1.I. The van der Waals surface area contributed by atoms with Crippen molar-refractivity contribution in [2.45, 2.75) is 25.8 Å². The highest BCUT2D eigenvalue weighted by atomic mass is 127. The number of guanidine groups is 1. The van der Waals surface area contributed by atoms with E-state index >= 15 is 0 Å². The molecule has 2 N–H and O–H groups in total. The monoisotopic (exact) mass is 565 g/mol. The minimum atomic E-state index is -0.222. The molecule has 0 bridgehead atoms. The van der Waals surface area contributed by atoms with Gasteiger partial charge in [-0.3, -0.25) is 9.67 Å². The number of nitrogens with one attached hydrogen (secondary N) is 2. The molecular formula is C24H29FIN5O2. The molecule has 1 aromatic heterocycles. The third-order valence-corrected chi connectivity index (χ3v) is 4.98. The summed E-state index contributed by atoms with van der Waals surface area (Å²) in [5.41, 5.74) is 1.80. The first-order chi connectivity index (χ1) is 15.8. The minimum Gasteiger partial charge on any atom is -0.490 e. The van der Waals surface area contributed by atoms with Gasteiger partial charge in [0.25, 0.3) is 0 Å². The maximum atomic E-state index is 13.4. The van der Waals surface area contributed by atoms with Gasteiger partial charge in [-0.05, 0) is 48.7 Å². The normalized spacial score (nSPS) is 13.1. The highest BCUT2D eigenvalue weighted by Gasteiger charge is 2.11. The van der Waals surface area contributed by atoms with Gasteiger partial charge in [0.15, 0.2) is 17.5 Å². The fourth-order valence-corrected chi connectivity index (χ4v) is 3.39. The maximum absolute atomic E-state index is 13.4. The number of aromatic nitrogens is 2. The molecule has 2 heterocycles. The number of anilines is 1. The van der Waals surface area contributed by atoms with Crippen molar-refractivity contribution in [2.75, 3.05) is 31.6 Å². The zero-order valence-electron chi connectivity index (χ0n) is 18.4. The first kappa shape index (κ1) is 24.8. The van der Waals surface area contributed by atoms with Crippen LogP contribution in [0.3, 0.4) is 0 Å². The van der Waals surface area contributed by atoms with Gasteiger partial charge in [0.05, 0.1) is 13.2 Å². The van der Waals surface area contributed by atoms with Crippen molar-refractivity contribution in [1.29, 1.82) is 0 Å². The smallest absolute Gasteiger partial charge is 0.195 e. The average Bonchev–Trinajstić information content (AvgIpc) is 3.20. The van der Waals surface area contributed by atoms with Crippen molar-refractivity contribution >= 4 is 35.6 Å². The van der Waals surface area contributed by atoms with E-state index in [-0.39, 0.29) is 29.8 Å². The highest BCUT2D eigenvalue weighted by molar-refractivity contribution is 14.0. The Hall–Kier alpha value is -2.82. The van der Waals surface area contributed by atoms with Gasteiger partial charge in [0.1, 0.15) is 5.82 Å². The van der Waals surface area contributed by atoms with Crippen LogP contribution in [0.15, 0.2) is 65.9 Å². The zero-order valence-corrected chi connectivity index (χ0v) is 20.7. The molecule has 0 amide bonds. The van der Waals surface area contributed by atoms with Crippen LogP contribution in [0.2, 0.25) is 0 Å². The molecule has 0 saturated heterocycles. The molecule has 1 aliphatic rings. The summed E-state index contributed by atoms with van der Waals surface area (Å²) < 4.78 is 26.8. The van der Waals surface area contributed by atoms with Crippen LogP contribution in [-0.2, 0) is 13.0 Å². The summed E-state index contributed by atoms with van der Waals surface area (Å²) in [6, 6.07) is 14.3. The van der Waals surface area contributed by atoms with E-state index in [1.807, 2.05) is 41.2 Å². The van der Waals surface area contributed by atoms with Crippen LogP contribution < -0.4 is 20.1 Å². The molecule has 0 fully saturated rings. The number of rotatable bonds is 8. The summed E-state index contributed by atoms with van der Waals surface area (Å²) in [7, 11) is 0. The van der Waals surface area contributed by atoms with Crippen LogP contribution in [0, 0.1) is 5.82 Å². The second-order valence-corrected chi connectivity index (χ2v) is 7.50. The van der Waals surface area contributed by atoms with Crippen molar-refractivity contribution in [3.63, 3.8) is 0 Å². The van der Waals surface area contributed by atoms with Crippen LogP contribution >= 0.6 is 24.0 Å². The number of aliphatic imine (C=N–C) groups is 1. The summed E-state index contributed by atoms with van der Waals surface area (Å²) in [6.07, 6.45) is 6.13. The van der Waals surface area contributed by atoms with E-state index < -0.39 is 0 Å². The van der Waals surface area contributed by atoms with Crippen molar-refractivity contribution < 1.29 is 13.9 Å². The number of hydrogen-bond donors (Lipinski definition) is 2. The predicted octanol–water partition coefficient (Wildman–Crippen LogP) is 4.49. The summed E-state index contributed by atoms with van der Waals surface area (Å²) in [6.45, 7) is 3.36. The van der Waals surface area contributed by atoms with Gasteiger partial charge < -0.3 is 20.1 Å². The van der Waals surface area contributed by atoms with Crippen molar-refractivity contribution in [2.24, 2.45) is 4.99 Å². The third kappa shape index (κ3) is 7.92. The molecule has 2 aromatic carbocycles. The Kier molecular flexibility index (Phi) is 9.79. The lowest BCUT2D eigenvalue weighted by molar-refractivity contribution is 0.297. The van der Waals surface area contributed by atoms with Crippen LogP contribution in [0.5, 0.6) is 11.5 Å². The van der Waals surface area contributed by atoms with Crippen LogP contribution in [0.25, 0.3) is 0 Å². The molecule has 0 saturated carbocycles. The van der Waals surface area contributed by atoms with Crippen LogP contribution in [0.1, 0.15) is 18.4 Å². The molecule has 9 heteroatoms. The van der Waals surface area contributed by atoms with E-state index in [1.165, 1.54) is 6.07 Å². The van der Waals surface area contributed by atoms with Crippen molar-refractivity contribution in [3.8, 4) is 11.5 Å². The Labute approximate surface area is 210 Å². The first-order valence-corrected chi connectivity index (χ1v) is 10.9. The molecule has 1 aliphatic heterocycles. The van der Waals surface area contributed by atoms with E-state index in [0.717, 1.165) is 42.1 Å². The fraction of sp³-hybridized carbons (Fsp3) is 0.333. The second kappa shape index (κ2) is 13.0. The molecule has 0 spiro atoms. The topological polar surface area (TPSA) is 72.7 Å². The zero-order chi connectivity index (χ0) is 22.0. The van der Waals surface area contributed by atoms with Gasteiger partial charge in [0.2, 0.25) is 0 Å². The second-order valence-electron chi connectivity index (χ2n) is 7.50. The molecule has 176 valence electrons. The van der Waals surface area contributed by atoms with E-state index in [2.05, 4.69) is 15.7 Å². The summed E-state index contributed by atoms with van der Waals surface area (Å²) in [5, 5.41) is 10.9. The lowest BCUT2D eigenvalue weighted by Crippen LogP contribution is -2.32. The van der Waals surface area contributed by atoms with E-state index in [0.29, 0.717) is 38.7 Å². The number of ether oxygens (including phenoxy) is 2. The maximum Gasteiger partial charge on any atom is 0.195 e. The Bertz CT molecular complexity index is 1030. The van der Waals surface area contributed by atoms with Crippen LogP contribution in [-0.4, -0.2) is 42.0 Å². The number of aryl methyl sites for hydroxylation is 1. The largest absolute Gasteiger partial charge is 0.490 e. The molecular weight excluding hydrogens is 536 g/mol. The number of halogens is 2. The quantitative estimate of drug-likeness (QED) is 0.182. The Balaban J connectivity index is 0.00000306. The Morgan fingerprint density at radius 1 is 1.09 bits per heavy atom. The van der Waals surface area contributed by atoms with Gasteiger partial charge in [-0.2, -0.15) is 5.10 Å². The van der Waals surface area contributed by atoms with Crippen LogP contribution in [0.4, 0.5) is 10.1 Å². The third-order valence-electron chi connectivity index (χ3n) is 4.98. The summed E-state index contributed by atoms with van der Waals surface area (Å²) >= 11 is 0. The average molecular weight is 565 g/mol. The molecule has 4 rings (SSSR count). The molecule has 0 unspecified atom stereocenters. The van der Waals surface area contributed by atoms with E-state index in [4.69, 9.17) is 14.5 Å². The predicted molar refractivity (Wildman–Crippen MR) is 138 cm³/mol. The Morgan fingerprint density at radius 2 is 1.97 bits per heavy atom. The first-order valence-electron chi connectivity index (χ1n) is 10.9. The van der Waals surface area contributed by atoms with Gasteiger partial charge in [0, 0.05) is 50.2 Å². The molecule has 0 aliphatic carbocycles. The lowest BCUT2D eigenvalue weighted by atomic mass is 10.1. The van der Waals surface area contributed by atoms with Gasteiger partial charge in [-0.15, -0.1) is 24.0 Å². The number of fused-ring (bicyclic) bond motifs is 1. The van der Waals surface area contributed by atoms with Gasteiger partial charge >= 0.3 is 0 Å². The number of hydrogen-bond acceptors (Lipinski definition) is 4. The Morgan fingerprint density at radius 3 is 2.79 bits per heavy atom. The van der Waals surface area contributed by atoms with E-state index in [1.54, 1.807) is 18.3 Å². The summed E-state index contributed by atoms with van der Waals surface area (Å²) in [4.78, 5) is 4.70. The van der Waals surface area contributed by atoms with Crippen molar-refractivity contribution in [1.82, 2.24) is 15.1 Å². The molecule has 33 heavy (non-hydrogen) atoms. The number of benzene rings is 2.